The summed E-state index contributed by atoms with van der Waals surface area (Å²) in [5, 5.41) is 16.0. The average molecular weight is 409 g/mol. The standard InChI is InChI=1S/C22H23N3O5/c1-12-5-7-15(8-6-12)17(11-19(26)27)24-22(28)16-9-10-18(29-4)21(23-16)20-13(2)25-30-14(20)3/h5-10,17H,11H2,1-4H3,(H,24,28)(H,26,27). The van der Waals surface area contributed by atoms with Crippen LogP contribution in [0.3, 0.4) is 0 Å². The van der Waals surface area contributed by atoms with Crippen LogP contribution in [0.1, 0.15) is 45.5 Å². The molecule has 0 aliphatic rings. The number of benzene rings is 1. The third-order valence-corrected chi connectivity index (χ3v) is 4.74. The van der Waals surface area contributed by atoms with Crippen molar-refractivity contribution < 1.29 is 24.0 Å². The number of hydrogen-bond donors (Lipinski definition) is 2. The first kappa shape index (κ1) is 21.0. The van der Waals surface area contributed by atoms with Crippen molar-refractivity contribution in [1.29, 1.82) is 0 Å². The molecule has 2 heterocycles. The molecule has 0 fully saturated rings. The summed E-state index contributed by atoms with van der Waals surface area (Å²) in [6, 6.07) is 9.83. The molecule has 8 heteroatoms. The minimum atomic E-state index is -1.01. The topological polar surface area (TPSA) is 115 Å². The molecule has 1 aromatic carbocycles. The summed E-state index contributed by atoms with van der Waals surface area (Å²) in [6.07, 6.45) is -0.248. The SMILES string of the molecule is COc1ccc(C(=O)NC(CC(=O)O)c2ccc(C)cc2)nc1-c1c(C)noc1C. The maximum absolute atomic E-state index is 12.9. The molecule has 0 radical (unpaired) electrons. The van der Waals surface area contributed by atoms with Gasteiger partial charge in [0.15, 0.2) is 0 Å². The van der Waals surface area contributed by atoms with E-state index in [4.69, 9.17) is 9.26 Å². The van der Waals surface area contributed by atoms with Gasteiger partial charge in [-0.05, 0) is 38.5 Å². The van der Waals surface area contributed by atoms with E-state index in [1.807, 2.05) is 19.1 Å². The molecule has 2 aromatic heterocycles. The number of ether oxygens (including phenoxy) is 1. The van der Waals surface area contributed by atoms with Crippen LogP contribution in [0.4, 0.5) is 0 Å². The Morgan fingerprint density at radius 1 is 1.13 bits per heavy atom. The minimum absolute atomic E-state index is 0.133. The van der Waals surface area contributed by atoms with Crippen molar-refractivity contribution in [2.45, 2.75) is 33.2 Å². The van der Waals surface area contributed by atoms with Gasteiger partial charge in [-0.3, -0.25) is 9.59 Å². The lowest BCUT2D eigenvalue weighted by atomic mass is 10.0. The number of aliphatic carboxylic acids is 1. The predicted molar refractivity (Wildman–Crippen MR) is 109 cm³/mol. The van der Waals surface area contributed by atoms with Crippen molar-refractivity contribution in [3.63, 3.8) is 0 Å². The number of carboxylic acids is 1. The van der Waals surface area contributed by atoms with Gasteiger partial charge in [-0.15, -0.1) is 0 Å². The van der Waals surface area contributed by atoms with Crippen molar-refractivity contribution in [1.82, 2.24) is 15.5 Å². The number of methoxy groups -OCH3 is 1. The number of hydrogen-bond acceptors (Lipinski definition) is 6. The zero-order valence-electron chi connectivity index (χ0n) is 17.2. The molecule has 0 bridgehead atoms. The fraction of sp³-hybridized carbons (Fsp3) is 0.273. The van der Waals surface area contributed by atoms with E-state index < -0.39 is 17.9 Å². The highest BCUT2D eigenvalue weighted by atomic mass is 16.5. The molecule has 1 unspecified atom stereocenters. The summed E-state index contributed by atoms with van der Waals surface area (Å²) >= 11 is 0. The fourth-order valence-corrected chi connectivity index (χ4v) is 3.20. The first-order valence-electron chi connectivity index (χ1n) is 9.37. The van der Waals surface area contributed by atoms with Gasteiger partial charge in [-0.25, -0.2) is 4.98 Å². The number of pyridine rings is 1. The normalized spacial score (nSPS) is 11.7. The van der Waals surface area contributed by atoms with Crippen LogP contribution in [0.15, 0.2) is 40.9 Å². The van der Waals surface area contributed by atoms with Gasteiger partial charge in [-0.1, -0.05) is 35.0 Å². The third-order valence-electron chi connectivity index (χ3n) is 4.74. The molecule has 2 N–H and O–H groups in total. The lowest BCUT2D eigenvalue weighted by molar-refractivity contribution is -0.137. The summed E-state index contributed by atoms with van der Waals surface area (Å²) in [5.74, 6) is -0.474. The summed E-state index contributed by atoms with van der Waals surface area (Å²) < 4.78 is 10.6. The summed E-state index contributed by atoms with van der Waals surface area (Å²) in [6.45, 7) is 5.47. The zero-order valence-corrected chi connectivity index (χ0v) is 17.2. The Kier molecular flexibility index (Phi) is 6.15. The molecule has 1 amide bonds. The Hall–Kier alpha value is -3.68. The van der Waals surface area contributed by atoms with Crippen LogP contribution in [-0.4, -0.2) is 34.2 Å². The smallest absolute Gasteiger partial charge is 0.305 e. The molecular weight excluding hydrogens is 386 g/mol. The predicted octanol–water partition coefficient (Wildman–Crippen LogP) is 3.62. The largest absolute Gasteiger partial charge is 0.494 e. The van der Waals surface area contributed by atoms with E-state index in [1.54, 1.807) is 32.0 Å². The molecule has 0 aliphatic heterocycles. The maximum atomic E-state index is 12.9. The molecule has 0 spiro atoms. The molecular formula is C22H23N3O5. The van der Waals surface area contributed by atoms with Gasteiger partial charge in [0.25, 0.3) is 5.91 Å². The van der Waals surface area contributed by atoms with Crippen LogP contribution in [-0.2, 0) is 4.79 Å². The second kappa shape index (κ2) is 8.77. The average Bonchev–Trinajstić information content (AvgIpc) is 3.05. The van der Waals surface area contributed by atoms with Crippen molar-refractivity contribution in [2.24, 2.45) is 0 Å². The van der Waals surface area contributed by atoms with Gasteiger partial charge in [0.2, 0.25) is 0 Å². The van der Waals surface area contributed by atoms with E-state index in [0.29, 0.717) is 34.0 Å². The van der Waals surface area contributed by atoms with Crippen molar-refractivity contribution in [2.75, 3.05) is 7.11 Å². The number of carboxylic acid groups (broad SMARTS) is 1. The highest BCUT2D eigenvalue weighted by Gasteiger charge is 2.23. The molecule has 3 rings (SSSR count). The number of nitrogens with zero attached hydrogens (tertiary/aromatic N) is 2. The minimum Gasteiger partial charge on any atom is -0.494 e. The molecule has 0 saturated heterocycles. The molecule has 0 aliphatic carbocycles. The maximum Gasteiger partial charge on any atom is 0.305 e. The zero-order chi connectivity index (χ0) is 21.8. The lowest BCUT2D eigenvalue weighted by Crippen LogP contribution is -2.31. The van der Waals surface area contributed by atoms with Crippen LogP contribution in [0.25, 0.3) is 11.3 Å². The molecule has 156 valence electrons. The summed E-state index contributed by atoms with van der Waals surface area (Å²) in [7, 11) is 1.51. The van der Waals surface area contributed by atoms with Crippen molar-refractivity contribution in [3.8, 4) is 17.0 Å². The molecule has 8 nitrogen and oxygen atoms in total. The highest BCUT2D eigenvalue weighted by molar-refractivity contribution is 5.94. The third kappa shape index (κ3) is 4.48. The van der Waals surface area contributed by atoms with Gasteiger partial charge in [-0.2, -0.15) is 0 Å². The van der Waals surface area contributed by atoms with Gasteiger partial charge in [0, 0.05) is 0 Å². The van der Waals surface area contributed by atoms with E-state index in [0.717, 1.165) is 5.56 Å². The van der Waals surface area contributed by atoms with Crippen LogP contribution < -0.4 is 10.1 Å². The number of carbonyl (C=O) groups excluding carboxylic acids is 1. The van der Waals surface area contributed by atoms with Crippen LogP contribution >= 0.6 is 0 Å². The Bertz CT molecular complexity index is 1050. The highest BCUT2D eigenvalue weighted by Crippen LogP contribution is 2.33. The first-order chi connectivity index (χ1) is 14.3. The van der Waals surface area contributed by atoms with Crippen molar-refractivity contribution >= 4 is 11.9 Å². The van der Waals surface area contributed by atoms with E-state index in [9.17, 15) is 14.7 Å². The van der Waals surface area contributed by atoms with Gasteiger partial charge < -0.3 is 19.7 Å². The van der Waals surface area contributed by atoms with Gasteiger partial charge >= 0.3 is 5.97 Å². The molecule has 3 aromatic rings. The van der Waals surface area contributed by atoms with Gasteiger partial charge in [0.05, 0.1) is 30.8 Å². The van der Waals surface area contributed by atoms with E-state index >= 15 is 0 Å². The molecule has 0 saturated carbocycles. The van der Waals surface area contributed by atoms with E-state index in [2.05, 4.69) is 15.5 Å². The Labute approximate surface area is 173 Å². The lowest BCUT2D eigenvalue weighted by Gasteiger charge is -2.18. The molecule has 1 atom stereocenters. The summed E-state index contributed by atoms with van der Waals surface area (Å²) in [4.78, 5) is 28.7. The van der Waals surface area contributed by atoms with Crippen LogP contribution in [0.5, 0.6) is 5.75 Å². The number of aromatic nitrogens is 2. The second-order valence-electron chi connectivity index (χ2n) is 6.98. The Morgan fingerprint density at radius 3 is 2.40 bits per heavy atom. The number of aryl methyl sites for hydroxylation is 3. The first-order valence-corrected chi connectivity index (χ1v) is 9.37. The van der Waals surface area contributed by atoms with Gasteiger partial charge in [0.1, 0.15) is 22.9 Å². The van der Waals surface area contributed by atoms with Crippen LogP contribution in [0.2, 0.25) is 0 Å². The molecule has 30 heavy (non-hydrogen) atoms. The Morgan fingerprint density at radius 2 is 1.83 bits per heavy atom. The number of carbonyl (C=O) groups is 2. The van der Waals surface area contributed by atoms with Crippen LogP contribution in [0, 0.1) is 20.8 Å². The fourth-order valence-electron chi connectivity index (χ4n) is 3.20. The number of nitrogens with one attached hydrogen (secondary N) is 1. The Balaban J connectivity index is 1.94. The van der Waals surface area contributed by atoms with Crippen molar-refractivity contribution in [3.05, 3.63) is 64.7 Å². The monoisotopic (exact) mass is 409 g/mol. The second-order valence-corrected chi connectivity index (χ2v) is 6.98. The number of rotatable bonds is 7. The summed E-state index contributed by atoms with van der Waals surface area (Å²) in [5.41, 5.74) is 3.59. The quantitative estimate of drug-likeness (QED) is 0.612. The number of amides is 1. The van der Waals surface area contributed by atoms with E-state index in [1.165, 1.54) is 13.2 Å². The van der Waals surface area contributed by atoms with E-state index in [-0.39, 0.29) is 12.1 Å².